The minimum Gasteiger partial charge on any atom is -0.378 e. The minimum absolute atomic E-state index is 0.0143. The Morgan fingerprint density at radius 1 is 0.909 bits per heavy atom. The van der Waals surface area contributed by atoms with Crippen LogP contribution < -0.4 is 9.80 Å². The Kier molecular flexibility index (Phi) is 7.72. The zero-order valence-corrected chi connectivity index (χ0v) is 21.0. The summed E-state index contributed by atoms with van der Waals surface area (Å²) < 4.78 is 0. The van der Waals surface area contributed by atoms with Gasteiger partial charge in [-0.05, 0) is 53.6 Å². The molecule has 174 valence electrons. The maximum Gasteiger partial charge on any atom is 0.111 e. The highest BCUT2D eigenvalue weighted by molar-refractivity contribution is 6.36. The van der Waals surface area contributed by atoms with Crippen LogP contribution >= 0.6 is 34.8 Å². The molecule has 1 aliphatic heterocycles. The van der Waals surface area contributed by atoms with E-state index in [1.54, 1.807) is 6.07 Å². The zero-order valence-electron chi connectivity index (χ0n) is 18.8. The fraction of sp³-hybridized carbons (Fsp3) is 0.308. The molecule has 0 aromatic heterocycles. The van der Waals surface area contributed by atoms with Crippen LogP contribution in [0.2, 0.25) is 15.1 Å². The van der Waals surface area contributed by atoms with Crippen LogP contribution in [0.3, 0.4) is 0 Å². The molecule has 1 fully saturated rings. The number of aliphatic hydroxyl groups excluding tert-OH is 1. The number of anilines is 2. The summed E-state index contributed by atoms with van der Waals surface area (Å²) >= 11 is 18.8. The first kappa shape index (κ1) is 24.2. The molecule has 4 rings (SSSR count). The molecule has 0 spiro atoms. The normalized spacial score (nSPS) is 17.8. The van der Waals surface area contributed by atoms with Gasteiger partial charge in [-0.25, -0.2) is 0 Å². The van der Waals surface area contributed by atoms with Crippen LogP contribution in [0.5, 0.6) is 0 Å². The first-order valence-electron chi connectivity index (χ1n) is 11.0. The van der Waals surface area contributed by atoms with Crippen LogP contribution in [0.15, 0.2) is 66.7 Å². The third-order valence-corrected chi connectivity index (χ3v) is 6.97. The van der Waals surface area contributed by atoms with E-state index in [0.29, 0.717) is 28.0 Å². The number of benzene rings is 3. The molecule has 1 heterocycles. The van der Waals surface area contributed by atoms with E-state index in [9.17, 15) is 5.11 Å². The van der Waals surface area contributed by atoms with Gasteiger partial charge in [-0.15, -0.1) is 0 Å². The number of aliphatic hydroxyl groups is 1. The summed E-state index contributed by atoms with van der Waals surface area (Å²) in [4.78, 5) is 6.49. The number of nitrogens with zero attached hydrogens (tertiary/aromatic N) is 3. The molecule has 1 aliphatic rings. The average Bonchev–Trinajstić information content (AvgIpc) is 2.80. The Morgan fingerprint density at radius 3 is 2.21 bits per heavy atom. The lowest BCUT2D eigenvalue weighted by Crippen LogP contribution is -2.52. The zero-order chi connectivity index (χ0) is 23.5. The van der Waals surface area contributed by atoms with Gasteiger partial charge in [0.15, 0.2) is 0 Å². The minimum atomic E-state index is -0.576. The van der Waals surface area contributed by atoms with Crippen LogP contribution in [0.1, 0.15) is 17.2 Å². The molecular formula is C26H28Cl3N3O. The number of halogens is 3. The maximum atomic E-state index is 11.1. The van der Waals surface area contributed by atoms with E-state index in [1.807, 2.05) is 50.5 Å². The SMILES string of the molecule is CN(C)c1ccc(CC(O)N2CCN(c3ccc(Cl)cc3Cl)C(c3ccc(Cl)cc3)C2)cc1. The smallest absolute Gasteiger partial charge is 0.111 e. The van der Waals surface area contributed by atoms with Crippen molar-refractivity contribution < 1.29 is 5.11 Å². The highest BCUT2D eigenvalue weighted by atomic mass is 35.5. The molecule has 3 aromatic carbocycles. The van der Waals surface area contributed by atoms with Gasteiger partial charge in [0.2, 0.25) is 0 Å². The third-order valence-electron chi connectivity index (χ3n) is 6.18. The van der Waals surface area contributed by atoms with Crippen LogP contribution in [0, 0.1) is 0 Å². The molecular weight excluding hydrogens is 477 g/mol. The molecule has 0 radical (unpaired) electrons. The average molecular weight is 505 g/mol. The molecule has 2 unspecified atom stereocenters. The molecule has 7 heteroatoms. The van der Waals surface area contributed by atoms with Gasteiger partial charge in [-0.1, -0.05) is 59.1 Å². The van der Waals surface area contributed by atoms with Gasteiger partial charge in [-0.2, -0.15) is 0 Å². The molecule has 2 atom stereocenters. The first-order chi connectivity index (χ1) is 15.8. The lowest BCUT2D eigenvalue weighted by atomic mass is 10.00. The Hall–Kier alpha value is -1.95. The molecule has 33 heavy (non-hydrogen) atoms. The predicted octanol–water partition coefficient (Wildman–Crippen LogP) is 6.14. The summed E-state index contributed by atoms with van der Waals surface area (Å²) in [7, 11) is 4.04. The highest BCUT2D eigenvalue weighted by Gasteiger charge is 2.32. The van der Waals surface area contributed by atoms with E-state index in [1.165, 1.54) is 0 Å². The first-order valence-corrected chi connectivity index (χ1v) is 12.1. The summed E-state index contributed by atoms with van der Waals surface area (Å²) in [5.74, 6) is 0. The van der Waals surface area contributed by atoms with Crippen LogP contribution in [0.4, 0.5) is 11.4 Å². The second-order valence-electron chi connectivity index (χ2n) is 8.60. The monoisotopic (exact) mass is 503 g/mol. The molecule has 1 saturated heterocycles. The van der Waals surface area contributed by atoms with Gasteiger partial charge in [-0.3, -0.25) is 4.90 Å². The molecule has 0 aliphatic carbocycles. The van der Waals surface area contributed by atoms with Crippen molar-refractivity contribution in [2.45, 2.75) is 18.7 Å². The highest BCUT2D eigenvalue weighted by Crippen LogP contribution is 2.37. The quantitative estimate of drug-likeness (QED) is 0.437. The molecule has 1 N–H and O–H groups in total. The summed E-state index contributed by atoms with van der Waals surface area (Å²) in [6, 6.07) is 21.8. The molecule has 4 nitrogen and oxygen atoms in total. The second-order valence-corrected chi connectivity index (χ2v) is 9.88. The summed E-state index contributed by atoms with van der Waals surface area (Å²) in [5.41, 5.74) is 4.32. The van der Waals surface area contributed by atoms with Gasteiger partial charge >= 0.3 is 0 Å². The molecule has 3 aromatic rings. The number of hydrogen-bond acceptors (Lipinski definition) is 4. The van der Waals surface area contributed by atoms with Crippen molar-refractivity contribution in [1.29, 1.82) is 0 Å². The summed E-state index contributed by atoms with van der Waals surface area (Å²) in [6.45, 7) is 2.11. The maximum absolute atomic E-state index is 11.1. The van der Waals surface area contributed by atoms with E-state index in [0.717, 1.165) is 35.6 Å². The van der Waals surface area contributed by atoms with Crippen LogP contribution in [-0.2, 0) is 6.42 Å². The van der Waals surface area contributed by atoms with Crippen molar-refractivity contribution >= 4 is 46.2 Å². The largest absolute Gasteiger partial charge is 0.378 e. The van der Waals surface area contributed by atoms with E-state index in [-0.39, 0.29) is 6.04 Å². The molecule has 0 amide bonds. The molecule has 0 saturated carbocycles. The Bertz CT molecular complexity index is 1070. The van der Waals surface area contributed by atoms with Gasteiger partial charge in [0, 0.05) is 55.9 Å². The number of rotatable bonds is 6. The topological polar surface area (TPSA) is 30.0 Å². The third kappa shape index (κ3) is 5.76. The standard InChI is InChI=1S/C26H28Cl3N3O/c1-30(2)22-10-3-18(4-11-22)15-26(33)31-13-14-32(24-12-9-21(28)16-23(24)29)25(17-31)19-5-7-20(27)8-6-19/h3-12,16,25-26,33H,13-15,17H2,1-2H3. The van der Waals surface area contributed by atoms with Crippen molar-refractivity contribution in [3.05, 3.63) is 92.9 Å². The van der Waals surface area contributed by atoms with Crippen molar-refractivity contribution in [3.8, 4) is 0 Å². The lowest BCUT2D eigenvalue weighted by molar-refractivity contribution is -0.00742. The van der Waals surface area contributed by atoms with Crippen molar-refractivity contribution in [2.24, 2.45) is 0 Å². The van der Waals surface area contributed by atoms with E-state index < -0.39 is 6.23 Å². The van der Waals surface area contributed by atoms with Gasteiger partial charge in [0.05, 0.1) is 16.8 Å². The Morgan fingerprint density at radius 2 is 1.58 bits per heavy atom. The van der Waals surface area contributed by atoms with Gasteiger partial charge in [0.1, 0.15) is 6.23 Å². The van der Waals surface area contributed by atoms with Crippen LogP contribution in [-0.4, -0.2) is 50.0 Å². The summed E-state index contributed by atoms with van der Waals surface area (Å²) in [5, 5.41) is 13.0. The summed E-state index contributed by atoms with van der Waals surface area (Å²) in [6.07, 6.45) is -0.00390. The van der Waals surface area contributed by atoms with E-state index in [2.05, 4.69) is 39.0 Å². The fourth-order valence-electron chi connectivity index (χ4n) is 4.32. The van der Waals surface area contributed by atoms with E-state index >= 15 is 0 Å². The number of piperazine rings is 1. The second kappa shape index (κ2) is 10.5. The Labute approximate surface area is 210 Å². The lowest BCUT2D eigenvalue weighted by Gasteiger charge is -2.45. The van der Waals surface area contributed by atoms with Gasteiger partial charge < -0.3 is 14.9 Å². The van der Waals surface area contributed by atoms with Crippen molar-refractivity contribution in [1.82, 2.24) is 4.90 Å². The Balaban J connectivity index is 1.55. The van der Waals surface area contributed by atoms with Crippen LogP contribution in [0.25, 0.3) is 0 Å². The van der Waals surface area contributed by atoms with Crippen molar-refractivity contribution in [2.75, 3.05) is 43.5 Å². The fourth-order valence-corrected chi connectivity index (χ4v) is 4.96. The van der Waals surface area contributed by atoms with Gasteiger partial charge in [0.25, 0.3) is 0 Å². The van der Waals surface area contributed by atoms with E-state index in [4.69, 9.17) is 34.8 Å². The number of hydrogen-bond donors (Lipinski definition) is 1. The predicted molar refractivity (Wildman–Crippen MR) is 140 cm³/mol. The molecule has 0 bridgehead atoms. The van der Waals surface area contributed by atoms with Crippen molar-refractivity contribution in [3.63, 3.8) is 0 Å².